The molecule has 0 spiro atoms. The largest absolute Gasteiger partial charge is 0.416 e. The van der Waals surface area contributed by atoms with Gasteiger partial charge in [-0.15, -0.1) is 0 Å². The van der Waals surface area contributed by atoms with Crippen LogP contribution in [-0.4, -0.2) is 5.78 Å². The Bertz CT molecular complexity index is 585. The zero-order chi connectivity index (χ0) is 14.8. The van der Waals surface area contributed by atoms with Crippen LogP contribution in [0.1, 0.15) is 29.5 Å². The third-order valence-corrected chi connectivity index (χ3v) is 3.11. The summed E-state index contributed by atoms with van der Waals surface area (Å²) >= 11 is 0. The molecule has 20 heavy (non-hydrogen) atoms. The van der Waals surface area contributed by atoms with Crippen LogP contribution < -0.4 is 0 Å². The highest BCUT2D eigenvalue weighted by atomic mass is 19.4. The molecule has 104 valence electrons. The molecule has 0 fully saturated rings. The van der Waals surface area contributed by atoms with Gasteiger partial charge in [-0.2, -0.15) is 13.2 Å². The Morgan fingerprint density at radius 3 is 1.85 bits per heavy atom. The zero-order valence-corrected chi connectivity index (χ0v) is 10.8. The van der Waals surface area contributed by atoms with Crippen molar-refractivity contribution in [2.75, 3.05) is 0 Å². The molecule has 2 rings (SSSR count). The maximum absolute atomic E-state index is 12.5. The van der Waals surface area contributed by atoms with Crippen molar-refractivity contribution in [1.82, 2.24) is 0 Å². The standard InChI is InChI=1S/C16H13F3O/c1-11(20)15(12-5-3-2-4-6-12)13-7-9-14(10-8-13)16(17,18)19/h2-10,15H,1H3/t15-/m1/s1. The van der Waals surface area contributed by atoms with Gasteiger partial charge in [0.1, 0.15) is 5.78 Å². The number of rotatable bonds is 3. The van der Waals surface area contributed by atoms with Crippen LogP contribution in [0.2, 0.25) is 0 Å². The van der Waals surface area contributed by atoms with Crippen molar-refractivity contribution in [3.8, 4) is 0 Å². The second-order valence-electron chi connectivity index (χ2n) is 4.57. The first-order valence-electron chi connectivity index (χ1n) is 6.12. The molecule has 0 bridgehead atoms. The molecule has 1 atom stereocenters. The van der Waals surface area contributed by atoms with Gasteiger partial charge in [0.25, 0.3) is 0 Å². The first-order valence-corrected chi connectivity index (χ1v) is 6.12. The van der Waals surface area contributed by atoms with E-state index in [1.807, 2.05) is 6.07 Å². The predicted molar refractivity (Wildman–Crippen MR) is 70.4 cm³/mol. The summed E-state index contributed by atoms with van der Waals surface area (Å²) in [6.45, 7) is 1.44. The second-order valence-corrected chi connectivity index (χ2v) is 4.57. The third kappa shape index (κ3) is 3.07. The number of hydrogen-bond donors (Lipinski definition) is 0. The minimum Gasteiger partial charge on any atom is -0.299 e. The highest BCUT2D eigenvalue weighted by Gasteiger charge is 2.30. The number of benzene rings is 2. The van der Waals surface area contributed by atoms with Gasteiger partial charge in [0, 0.05) is 0 Å². The molecule has 0 N–H and O–H groups in total. The number of halogens is 3. The molecular formula is C16H13F3O. The normalized spacial score (nSPS) is 13.0. The molecule has 0 aliphatic rings. The lowest BCUT2D eigenvalue weighted by Gasteiger charge is -2.16. The van der Waals surface area contributed by atoms with Crippen molar-refractivity contribution in [3.05, 3.63) is 71.3 Å². The maximum atomic E-state index is 12.5. The molecule has 0 amide bonds. The van der Waals surface area contributed by atoms with Gasteiger partial charge in [-0.1, -0.05) is 42.5 Å². The Kier molecular flexibility index (Phi) is 3.93. The number of ketones is 1. The van der Waals surface area contributed by atoms with E-state index < -0.39 is 17.7 Å². The molecule has 0 aromatic heterocycles. The lowest BCUT2D eigenvalue weighted by molar-refractivity contribution is -0.137. The van der Waals surface area contributed by atoms with Crippen molar-refractivity contribution in [3.63, 3.8) is 0 Å². The van der Waals surface area contributed by atoms with Gasteiger partial charge in [-0.05, 0) is 30.2 Å². The fourth-order valence-corrected chi connectivity index (χ4v) is 2.17. The van der Waals surface area contributed by atoms with Crippen molar-refractivity contribution in [2.24, 2.45) is 0 Å². The predicted octanol–water partition coefficient (Wildman–Crippen LogP) is 4.43. The summed E-state index contributed by atoms with van der Waals surface area (Å²) in [6.07, 6.45) is -4.36. The van der Waals surface area contributed by atoms with E-state index >= 15 is 0 Å². The highest BCUT2D eigenvalue weighted by Crippen LogP contribution is 2.32. The Morgan fingerprint density at radius 2 is 1.40 bits per heavy atom. The van der Waals surface area contributed by atoms with Gasteiger partial charge in [0.05, 0.1) is 11.5 Å². The monoisotopic (exact) mass is 278 g/mol. The zero-order valence-electron chi connectivity index (χ0n) is 10.8. The SMILES string of the molecule is CC(=O)[C@H](c1ccccc1)c1ccc(C(F)(F)F)cc1. The minimum absolute atomic E-state index is 0.101. The maximum Gasteiger partial charge on any atom is 0.416 e. The van der Waals surface area contributed by atoms with E-state index in [0.29, 0.717) is 5.56 Å². The fourth-order valence-electron chi connectivity index (χ4n) is 2.17. The Morgan fingerprint density at radius 1 is 0.900 bits per heavy atom. The molecule has 2 aromatic carbocycles. The molecule has 0 heterocycles. The average Bonchev–Trinajstić information content (AvgIpc) is 2.39. The summed E-state index contributed by atoms with van der Waals surface area (Å²) in [5, 5.41) is 0. The van der Waals surface area contributed by atoms with E-state index in [2.05, 4.69) is 0 Å². The van der Waals surface area contributed by atoms with E-state index in [9.17, 15) is 18.0 Å². The number of carbonyl (C=O) groups excluding carboxylic acids is 1. The van der Waals surface area contributed by atoms with E-state index in [0.717, 1.165) is 17.7 Å². The van der Waals surface area contributed by atoms with E-state index in [1.165, 1.54) is 19.1 Å². The topological polar surface area (TPSA) is 17.1 Å². The number of hydrogen-bond acceptors (Lipinski definition) is 1. The van der Waals surface area contributed by atoms with Crippen LogP contribution in [-0.2, 0) is 11.0 Å². The van der Waals surface area contributed by atoms with Crippen LogP contribution in [0.5, 0.6) is 0 Å². The Labute approximate surface area is 115 Å². The van der Waals surface area contributed by atoms with Crippen LogP contribution in [0.3, 0.4) is 0 Å². The lowest BCUT2D eigenvalue weighted by atomic mass is 9.88. The van der Waals surface area contributed by atoms with Crippen LogP contribution in [0, 0.1) is 0 Å². The number of carbonyl (C=O) groups is 1. The molecule has 0 saturated heterocycles. The summed E-state index contributed by atoms with van der Waals surface area (Å²) in [5.74, 6) is -0.630. The molecule has 0 aliphatic heterocycles. The van der Waals surface area contributed by atoms with E-state index in [-0.39, 0.29) is 5.78 Å². The molecule has 2 aromatic rings. The van der Waals surface area contributed by atoms with Gasteiger partial charge in [0.2, 0.25) is 0 Å². The summed E-state index contributed by atoms with van der Waals surface area (Å²) in [7, 11) is 0. The fraction of sp³-hybridized carbons (Fsp3) is 0.188. The first kappa shape index (κ1) is 14.3. The van der Waals surface area contributed by atoms with Gasteiger partial charge in [0.15, 0.2) is 0 Å². The van der Waals surface area contributed by atoms with Crippen LogP contribution in [0.4, 0.5) is 13.2 Å². The molecule has 0 radical (unpaired) electrons. The van der Waals surface area contributed by atoms with Crippen LogP contribution in [0.25, 0.3) is 0 Å². The number of alkyl halides is 3. The summed E-state index contributed by atoms with van der Waals surface area (Å²) in [4.78, 5) is 11.8. The Hall–Kier alpha value is -2.10. The van der Waals surface area contributed by atoms with Crippen molar-refractivity contribution >= 4 is 5.78 Å². The van der Waals surface area contributed by atoms with E-state index in [1.54, 1.807) is 24.3 Å². The second kappa shape index (κ2) is 5.49. The number of Topliss-reactive ketones (excluding diaryl/α,β-unsaturated/α-hetero) is 1. The summed E-state index contributed by atoms with van der Waals surface area (Å²) in [6, 6.07) is 13.8. The van der Waals surface area contributed by atoms with Gasteiger partial charge in [-0.3, -0.25) is 4.79 Å². The van der Waals surface area contributed by atoms with Gasteiger partial charge >= 0.3 is 6.18 Å². The first-order chi connectivity index (χ1) is 9.39. The highest BCUT2D eigenvalue weighted by molar-refractivity contribution is 5.86. The van der Waals surface area contributed by atoms with Gasteiger partial charge < -0.3 is 0 Å². The van der Waals surface area contributed by atoms with Crippen molar-refractivity contribution in [1.29, 1.82) is 0 Å². The molecule has 0 saturated carbocycles. The minimum atomic E-state index is -4.36. The quantitative estimate of drug-likeness (QED) is 0.812. The summed E-state index contributed by atoms with van der Waals surface area (Å²) < 4.78 is 37.6. The third-order valence-electron chi connectivity index (χ3n) is 3.11. The Balaban J connectivity index is 2.39. The molecule has 0 aliphatic carbocycles. The molecule has 0 unspecified atom stereocenters. The summed E-state index contributed by atoms with van der Waals surface area (Å²) in [5.41, 5.74) is 0.632. The average molecular weight is 278 g/mol. The van der Waals surface area contributed by atoms with Crippen LogP contribution >= 0.6 is 0 Å². The molecular weight excluding hydrogens is 265 g/mol. The molecule has 4 heteroatoms. The molecule has 1 nitrogen and oxygen atoms in total. The lowest BCUT2D eigenvalue weighted by Crippen LogP contribution is -2.11. The smallest absolute Gasteiger partial charge is 0.299 e. The van der Waals surface area contributed by atoms with Crippen molar-refractivity contribution < 1.29 is 18.0 Å². The van der Waals surface area contributed by atoms with Crippen LogP contribution in [0.15, 0.2) is 54.6 Å². The van der Waals surface area contributed by atoms with Crippen molar-refractivity contribution in [2.45, 2.75) is 19.0 Å². The van der Waals surface area contributed by atoms with E-state index in [4.69, 9.17) is 0 Å². The van der Waals surface area contributed by atoms with Gasteiger partial charge in [-0.25, -0.2) is 0 Å².